The second-order valence-corrected chi connectivity index (χ2v) is 8.38. The van der Waals surface area contributed by atoms with Crippen molar-refractivity contribution in [1.29, 1.82) is 0 Å². The van der Waals surface area contributed by atoms with Crippen LogP contribution in [0.3, 0.4) is 0 Å². The summed E-state index contributed by atoms with van der Waals surface area (Å²) in [6.07, 6.45) is 3.40. The largest absolute Gasteiger partial charge is 0.378 e. The van der Waals surface area contributed by atoms with Crippen molar-refractivity contribution >= 4 is 5.91 Å². The number of benzene rings is 2. The Kier molecular flexibility index (Phi) is 4.91. The lowest BCUT2D eigenvalue weighted by atomic mass is 9.86. The van der Waals surface area contributed by atoms with Crippen LogP contribution < -0.4 is 0 Å². The van der Waals surface area contributed by atoms with Gasteiger partial charge in [0.2, 0.25) is 5.91 Å². The summed E-state index contributed by atoms with van der Waals surface area (Å²) in [4.78, 5) is 17.9. The zero-order chi connectivity index (χ0) is 18.9. The molecule has 3 saturated heterocycles. The topological polar surface area (TPSA) is 32.8 Å². The maximum Gasteiger partial charge on any atom is 0.240 e. The number of carbonyl (C=O) groups is 1. The standard InChI is InChI=1S/C24H28N2O2/c27-24-22(15-21-20-12-14-28-23(20)11-13-26(21)24)25(16-18-7-3-1-4-8-18)17-19-9-5-2-6-10-19/h1-10,20-23H,11-17H2/t20-,21+,22-,23-/m0/s1. The van der Waals surface area contributed by atoms with E-state index in [1.807, 2.05) is 12.1 Å². The van der Waals surface area contributed by atoms with Crippen LogP contribution in [0.25, 0.3) is 0 Å². The first-order valence-electron chi connectivity index (χ1n) is 10.5. The Hall–Kier alpha value is -2.17. The summed E-state index contributed by atoms with van der Waals surface area (Å²) in [5.41, 5.74) is 2.52. The molecule has 5 rings (SSSR count). The van der Waals surface area contributed by atoms with Crippen LogP contribution in [0.2, 0.25) is 0 Å². The molecule has 0 saturated carbocycles. The fraction of sp³-hybridized carbons (Fsp3) is 0.458. The summed E-state index contributed by atoms with van der Waals surface area (Å²) in [6.45, 7) is 3.32. The lowest BCUT2D eigenvalue weighted by Crippen LogP contribution is -2.48. The van der Waals surface area contributed by atoms with Crippen LogP contribution in [0.5, 0.6) is 0 Å². The molecule has 3 aliphatic rings. The molecule has 4 nitrogen and oxygen atoms in total. The van der Waals surface area contributed by atoms with E-state index in [0.29, 0.717) is 24.0 Å². The summed E-state index contributed by atoms with van der Waals surface area (Å²) < 4.78 is 5.94. The number of ether oxygens (including phenoxy) is 1. The van der Waals surface area contributed by atoms with Gasteiger partial charge in [-0.3, -0.25) is 9.69 Å². The molecule has 28 heavy (non-hydrogen) atoms. The Morgan fingerprint density at radius 2 is 1.57 bits per heavy atom. The Morgan fingerprint density at radius 3 is 2.21 bits per heavy atom. The first-order valence-corrected chi connectivity index (χ1v) is 10.5. The van der Waals surface area contributed by atoms with E-state index in [-0.39, 0.29) is 6.04 Å². The van der Waals surface area contributed by atoms with Gasteiger partial charge in [0, 0.05) is 38.2 Å². The SMILES string of the molecule is O=C1[C@@H](N(Cc2ccccc2)Cc2ccccc2)C[C@@H]2[C@@H]3CCO[C@H]3CCN12. The number of amides is 1. The van der Waals surface area contributed by atoms with Gasteiger partial charge in [0.15, 0.2) is 0 Å². The summed E-state index contributed by atoms with van der Waals surface area (Å²) in [7, 11) is 0. The highest BCUT2D eigenvalue weighted by atomic mass is 16.5. The fourth-order valence-electron chi connectivity index (χ4n) is 5.38. The molecule has 3 heterocycles. The molecule has 2 aromatic carbocycles. The summed E-state index contributed by atoms with van der Waals surface area (Å²) >= 11 is 0. The van der Waals surface area contributed by atoms with E-state index in [9.17, 15) is 4.79 Å². The van der Waals surface area contributed by atoms with Crippen molar-refractivity contribution in [2.24, 2.45) is 5.92 Å². The van der Waals surface area contributed by atoms with Gasteiger partial charge in [0.25, 0.3) is 0 Å². The maximum atomic E-state index is 13.4. The molecule has 0 radical (unpaired) electrons. The number of carbonyl (C=O) groups excluding carboxylic acids is 1. The summed E-state index contributed by atoms with van der Waals surface area (Å²) in [6, 6.07) is 21.4. The summed E-state index contributed by atoms with van der Waals surface area (Å²) in [5, 5.41) is 0. The van der Waals surface area contributed by atoms with Gasteiger partial charge >= 0.3 is 0 Å². The molecule has 3 aliphatic heterocycles. The predicted octanol–water partition coefficient (Wildman–Crippen LogP) is 3.47. The molecule has 146 valence electrons. The highest BCUT2D eigenvalue weighted by Crippen LogP contribution is 2.40. The average molecular weight is 377 g/mol. The number of nitrogens with zero attached hydrogens (tertiary/aromatic N) is 2. The van der Waals surface area contributed by atoms with E-state index in [4.69, 9.17) is 4.74 Å². The highest BCUT2D eigenvalue weighted by Gasteiger charge is 2.51. The van der Waals surface area contributed by atoms with Gasteiger partial charge in [-0.1, -0.05) is 60.7 Å². The van der Waals surface area contributed by atoms with Gasteiger partial charge in [-0.05, 0) is 30.4 Å². The lowest BCUT2D eigenvalue weighted by molar-refractivity contribution is -0.136. The molecule has 0 aromatic heterocycles. The van der Waals surface area contributed by atoms with Crippen molar-refractivity contribution in [2.75, 3.05) is 13.2 Å². The van der Waals surface area contributed by atoms with Crippen LogP contribution in [-0.2, 0) is 22.6 Å². The molecule has 3 fully saturated rings. The van der Waals surface area contributed by atoms with Crippen LogP contribution in [0, 0.1) is 5.92 Å². The van der Waals surface area contributed by atoms with Crippen molar-refractivity contribution in [3.05, 3.63) is 71.8 Å². The molecule has 1 amide bonds. The van der Waals surface area contributed by atoms with Crippen molar-refractivity contribution in [3.8, 4) is 0 Å². The molecule has 0 aliphatic carbocycles. The number of piperidine rings is 1. The maximum absolute atomic E-state index is 13.4. The summed E-state index contributed by atoms with van der Waals surface area (Å²) in [5.74, 6) is 0.847. The van der Waals surface area contributed by atoms with Crippen LogP contribution in [0.15, 0.2) is 60.7 Å². The third-order valence-electron chi connectivity index (χ3n) is 6.74. The van der Waals surface area contributed by atoms with E-state index in [2.05, 4.69) is 58.3 Å². The number of fused-ring (bicyclic) bond motifs is 3. The number of rotatable bonds is 5. The molecule has 4 heteroatoms. The first-order chi connectivity index (χ1) is 13.8. The monoisotopic (exact) mass is 376 g/mol. The Labute approximate surface area is 167 Å². The molecular weight excluding hydrogens is 348 g/mol. The smallest absolute Gasteiger partial charge is 0.240 e. The van der Waals surface area contributed by atoms with E-state index in [1.54, 1.807) is 0 Å². The van der Waals surface area contributed by atoms with E-state index >= 15 is 0 Å². The van der Waals surface area contributed by atoms with Gasteiger partial charge in [-0.15, -0.1) is 0 Å². The fourth-order valence-corrected chi connectivity index (χ4v) is 5.38. The van der Waals surface area contributed by atoms with E-state index < -0.39 is 0 Å². The van der Waals surface area contributed by atoms with Crippen molar-refractivity contribution in [1.82, 2.24) is 9.80 Å². The van der Waals surface area contributed by atoms with Gasteiger partial charge in [0.1, 0.15) is 0 Å². The van der Waals surface area contributed by atoms with Gasteiger partial charge in [0.05, 0.1) is 12.1 Å². The van der Waals surface area contributed by atoms with Gasteiger partial charge in [-0.25, -0.2) is 0 Å². The molecule has 2 aromatic rings. The van der Waals surface area contributed by atoms with Crippen molar-refractivity contribution in [2.45, 2.75) is 50.5 Å². The van der Waals surface area contributed by atoms with Crippen LogP contribution in [0.4, 0.5) is 0 Å². The molecule has 0 spiro atoms. The van der Waals surface area contributed by atoms with Crippen molar-refractivity contribution in [3.63, 3.8) is 0 Å². The third-order valence-corrected chi connectivity index (χ3v) is 6.74. The molecular formula is C24H28N2O2. The average Bonchev–Trinajstić information content (AvgIpc) is 3.34. The molecule has 0 unspecified atom stereocenters. The van der Waals surface area contributed by atoms with Gasteiger partial charge < -0.3 is 9.64 Å². The third kappa shape index (κ3) is 3.36. The van der Waals surface area contributed by atoms with Gasteiger partial charge in [-0.2, -0.15) is 0 Å². The number of hydrogen-bond acceptors (Lipinski definition) is 3. The minimum absolute atomic E-state index is 0.0373. The molecule has 0 N–H and O–H groups in total. The second kappa shape index (κ2) is 7.69. The first kappa shape index (κ1) is 17.9. The zero-order valence-corrected chi connectivity index (χ0v) is 16.2. The normalized spacial score (nSPS) is 29.2. The lowest BCUT2D eigenvalue weighted by Gasteiger charge is -2.37. The molecule has 4 atom stereocenters. The van der Waals surface area contributed by atoms with E-state index in [0.717, 1.165) is 45.5 Å². The Balaban J connectivity index is 1.40. The zero-order valence-electron chi connectivity index (χ0n) is 16.2. The quantitative estimate of drug-likeness (QED) is 0.801. The minimum Gasteiger partial charge on any atom is -0.378 e. The van der Waals surface area contributed by atoms with Crippen molar-refractivity contribution < 1.29 is 9.53 Å². The van der Waals surface area contributed by atoms with Crippen LogP contribution in [0.1, 0.15) is 30.4 Å². The Morgan fingerprint density at radius 1 is 0.929 bits per heavy atom. The second-order valence-electron chi connectivity index (χ2n) is 8.38. The van der Waals surface area contributed by atoms with Crippen LogP contribution >= 0.6 is 0 Å². The number of hydrogen-bond donors (Lipinski definition) is 0. The van der Waals surface area contributed by atoms with Crippen LogP contribution in [-0.4, -0.2) is 47.0 Å². The molecule has 0 bridgehead atoms. The van der Waals surface area contributed by atoms with E-state index in [1.165, 1.54) is 11.1 Å². The predicted molar refractivity (Wildman–Crippen MR) is 109 cm³/mol. The Bertz CT molecular complexity index is 768. The highest BCUT2D eigenvalue weighted by molar-refractivity contribution is 5.85. The minimum atomic E-state index is -0.0373.